The van der Waals surface area contributed by atoms with E-state index in [9.17, 15) is 38.7 Å². The molecule has 1 fully saturated rings. The summed E-state index contributed by atoms with van der Waals surface area (Å²) in [4.78, 5) is 13.0. The van der Waals surface area contributed by atoms with Crippen molar-refractivity contribution in [1.29, 1.82) is 0 Å². The molecule has 332 valence electrons. The van der Waals surface area contributed by atoms with Crippen LogP contribution >= 0.6 is 0 Å². The van der Waals surface area contributed by atoms with Crippen molar-refractivity contribution >= 4 is 16.3 Å². The average Bonchev–Trinajstić information content (AvgIpc) is 3.18. The van der Waals surface area contributed by atoms with Gasteiger partial charge >= 0.3 is 10.4 Å². The molecule has 1 heterocycles. The number of hydrogen-bond donors (Lipinski definition) is 7. The lowest BCUT2D eigenvalue weighted by molar-refractivity contribution is -0.298. The molecule has 8 atom stereocenters. The van der Waals surface area contributed by atoms with Gasteiger partial charge in [0.15, 0.2) is 6.29 Å². The number of rotatable bonds is 35. The first kappa shape index (κ1) is 53.0. The van der Waals surface area contributed by atoms with Crippen molar-refractivity contribution in [1.82, 2.24) is 5.32 Å². The van der Waals surface area contributed by atoms with Crippen molar-refractivity contribution in [3.8, 4) is 0 Å². The summed E-state index contributed by atoms with van der Waals surface area (Å²) in [6.45, 7) is 3.12. The Morgan fingerprint density at radius 1 is 0.702 bits per heavy atom. The first-order valence-electron chi connectivity index (χ1n) is 21.6. The van der Waals surface area contributed by atoms with E-state index < -0.39 is 78.5 Å². The molecule has 0 radical (unpaired) electrons. The van der Waals surface area contributed by atoms with E-state index in [1.165, 1.54) is 70.3 Å². The number of ether oxygens (including phenoxy) is 2. The van der Waals surface area contributed by atoms with E-state index in [0.717, 1.165) is 57.8 Å². The summed E-state index contributed by atoms with van der Waals surface area (Å²) in [6, 6.07) is -1.15. The van der Waals surface area contributed by atoms with Gasteiger partial charge in [0.2, 0.25) is 5.91 Å². The molecule has 1 aliphatic rings. The summed E-state index contributed by atoms with van der Waals surface area (Å²) in [7, 11) is -5.12. The van der Waals surface area contributed by atoms with Gasteiger partial charge in [0.05, 0.1) is 25.4 Å². The van der Waals surface area contributed by atoms with Gasteiger partial charge in [-0.15, -0.1) is 0 Å². The molecule has 0 aromatic heterocycles. The number of carbonyl (C=O) groups is 1. The topological polar surface area (TPSA) is 212 Å². The largest absolute Gasteiger partial charge is 0.397 e. The van der Waals surface area contributed by atoms with Crippen LogP contribution in [0.25, 0.3) is 0 Å². The van der Waals surface area contributed by atoms with Crippen LogP contribution in [-0.4, -0.2) is 107 Å². The van der Waals surface area contributed by atoms with E-state index in [1.807, 2.05) is 0 Å². The molecular weight excluding hydrogens is 755 g/mol. The molecule has 0 saturated carbocycles. The SMILES string of the molecule is CCCCC/C=C\CCCCCCC(O)C(=O)NC(COC1OC(CO)C(O)C(OS(=O)(=O)O)C1O)C(O)/C=C/CC/C=C/CC/C=C/CCCCCCCCC. The van der Waals surface area contributed by atoms with Gasteiger partial charge in [-0.1, -0.05) is 133 Å². The number of carbonyl (C=O) groups excluding carboxylic acids is 1. The predicted molar refractivity (Wildman–Crippen MR) is 224 cm³/mol. The van der Waals surface area contributed by atoms with Crippen LogP contribution in [0.5, 0.6) is 0 Å². The highest BCUT2D eigenvalue weighted by Crippen LogP contribution is 2.26. The van der Waals surface area contributed by atoms with E-state index in [0.29, 0.717) is 12.8 Å². The Morgan fingerprint density at radius 2 is 1.18 bits per heavy atom. The van der Waals surface area contributed by atoms with Gasteiger partial charge in [-0.25, -0.2) is 4.18 Å². The van der Waals surface area contributed by atoms with Gasteiger partial charge in [0.1, 0.15) is 30.5 Å². The normalized spacial score (nSPS) is 22.3. The third kappa shape index (κ3) is 26.7. The van der Waals surface area contributed by atoms with E-state index >= 15 is 0 Å². The zero-order valence-corrected chi connectivity index (χ0v) is 35.6. The van der Waals surface area contributed by atoms with Crippen LogP contribution in [0.2, 0.25) is 0 Å². The molecule has 57 heavy (non-hydrogen) atoms. The van der Waals surface area contributed by atoms with Crippen LogP contribution in [-0.2, 0) is 28.9 Å². The van der Waals surface area contributed by atoms with Crippen LogP contribution in [0.4, 0.5) is 0 Å². The number of allylic oxidation sites excluding steroid dienone is 7. The first-order valence-corrected chi connectivity index (χ1v) is 23.0. The Bertz CT molecular complexity index is 1230. The van der Waals surface area contributed by atoms with Crippen molar-refractivity contribution in [2.24, 2.45) is 0 Å². The molecule has 7 N–H and O–H groups in total. The molecule has 0 aromatic rings. The second kappa shape index (κ2) is 33.8. The molecule has 8 unspecified atom stereocenters. The number of aliphatic hydroxyl groups is 5. The van der Waals surface area contributed by atoms with Gasteiger partial charge in [0, 0.05) is 0 Å². The minimum atomic E-state index is -5.12. The van der Waals surface area contributed by atoms with Crippen molar-refractivity contribution in [3.63, 3.8) is 0 Å². The van der Waals surface area contributed by atoms with E-state index in [-0.39, 0.29) is 6.42 Å². The minimum absolute atomic E-state index is 0.217. The quantitative estimate of drug-likeness (QED) is 0.0203. The molecule has 14 heteroatoms. The molecule has 13 nitrogen and oxygen atoms in total. The molecule has 1 amide bonds. The lowest BCUT2D eigenvalue weighted by atomic mass is 9.99. The maximum absolute atomic E-state index is 13.0. The fraction of sp³-hybridized carbons (Fsp3) is 0.791. The van der Waals surface area contributed by atoms with Crippen LogP contribution < -0.4 is 5.32 Å². The maximum atomic E-state index is 13.0. The third-order valence-electron chi connectivity index (χ3n) is 9.92. The highest BCUT2D eigenvalue weighted by atomic mass is 32.3. The van der Waals surface area contributed by atoms with Crippen LogP contribution in [0.15, 0.2) is 48.6 Å². The highest BCUT2D eigenvalue weighted by Gasteiger charge is 2.48. The summed E-state index contributed by atoms with van der Waals surface area (Å²) in [5.74, 6) is -0.730. The molecular formula is C43H77NO12S. The summed E-state index contributed by atoms with van der Waals surface area (Å²) < 4.78 is 47.4. The molecule has 1 saturated heterocycles. The van der Waals surface area contributed by atoms with Crippen LogP contribution in [0.1, 0.15) is 155 Å². The Morgan fingerprint density at radius 3 is 1.72 bits per heavy atom. The van der Waals surface area contributed by atoms with Crippen LogP contribution in [0, 0.1) is 0 Å². The summed E-state index contributed by atoms with van der Waals surface area (Å²) in [6.07, 6.45) is 27.8. The molecule has 0 spiro atoms. The first-order chi connectivity index (χ1) is 27.4. The van der Waals surface area contributed by atoms with E-state index in [4.69, 9.17) is 14.0 Å². The molecule has 1 rings (SSSR count). The van der Waals surface area contributed by atoms with E-state index in [1.54, 1.807) is 6.08 Å². The summed E-state index contributed by atoms with van der Waals surface area (Å²) >= 11 is 0. The zero-order chi connectivity index (χ0) is 42.2. The van der Waals surface area contributed by atoms with Gasteiger partial charge < -0.3 is 40.3 Å². The number of unbranched alkanes of at least 4 members (excludes halogenated alkanes) is 16. The Labute approximate surface area is 343 Å². The average molecular weight is 832 g/mol. The van der Waals surface area contributed by atoms with Gasteiger partial charge in [-0.2, -0.15) is 8.42 Å². The number of nitrogens with one attached hydrogen (secondary N) is 1. The van der Waals surface area contributed by atoms with Crippen molar-refractivity contribution in [2.75, 3.05) is 13.2 Å². The van der Waals surface area contributed by atoms with Crippen LogP contribution in [0.3, 0.4) is 0 Å². The lowest BCUT2D eigenvalue weighted by Crippen LogP contribution is -2.61. The Hall–Kier alpha value is -1.98. The predicted octanol–water partition coefficient (Wildman–Crippen LogP) is 6.68. The van der Waals surface area contributed by atoms with Gasteiger partial charge in [-0.05, 0) is 70.6 Å². The van der Waals surface area contributed by atoms with E-state index in [2.05, 4.69) is 59.8 Å². The van der Waals surface area contributed by atoms with Crippen molar-refractivity contribution in [2.45, 2.75) is 204 Å². The van der Waals surface area contributed by atoms with Crippen molar-refractivity contribution < 1.29 is 57.0 Å². The number of amides is 1. The number of hydrogen-bond acceptors (Lipinski definition) is 11. The fourth-order valence-electron chi connectivity index (χ4n) is 6.43. The summed E-state index contributed by atoms with van der Waals surface area (Å²) in [5, 5.41) is 55.0. The molecule has 0 aromatic carbocycles. The summed E-state index contributed by atoms with van der Waals surface area (Å²) in [5.41, 5.74) is 0. The molecule has 0 aliphatic carbocycles. The zero-order valence-electron chi connectivity index (χ0n) is 34.7. The van der Waals surface area contributed by atoms with Crippen molar-refractivity contribution in [3.05, 3.63) is 48.6 Å². The third-order valence-corrected chi connectivity index (χ3v) is 10.4. The smallest absolute Gasteiger partial charge is 0.394 e. The molecule has 1 aliphatic heterocycles. The standard InChI is InChI=1S/C43H77NO12S/c1-3-5-7-9-11-13-15-16-17-18-19-20-22-23-25-27-29-31-36(46)35(34-54-43-40(49)41(56-57(51,52)53)39(48)38(33-45)55-43)44-42(50)37(47)32-30-28-26-24-21-14-12-10-8-6-4-2/h12,14,17-18,22-23,29,31,35-41,43,45-49H,3-11,13,15-16,19-21,24-28,30,32-34H2,1-2H3,(H,44,50)(H,51,52,53)/b14-12-,18-17+,23-22+,31-29+. The second-order valence-electron chi connectivity index (χ2n) is 15.0. The van der Waals surface area contributed by atoms with Gasteiger partial charge in [0.25, 0.3) is 0 Å². The molecule has 0 bridgehead atoms. The second-order valence-corrected chi connectivity index (χ2v) is 16.1. The van der Waals surface area contributed by atoms with Gasteiger partial charge in [-0.3, -0.25) is 9.35 Å². The highest BCUT2D eigenvalue weighted by molar-refractivity contribution is 7.80. The monoisotopic (exact) mass is 832 g/mol. The Balaban J connectivity index is 2.69. The Kier molecular flexibility index (Phi) is 31.5. The number of aliphatic hydroxyl groups excluding tert-OH is 5. The minimum Gasteiger partial charge on any atom is -0.394 e. The fourth-order valence-corrected chi connectivity index (χ4v) is 6.93. The maximum Gasteiger partial charge on any atom is 0.397 e. The lowest BCUT2D eigenvalue weighted by Gasteiger charge is -2.41.